The third-order valence-corrected chi connectivity index (χ3v) is 3.81. The van der Waals surface area contributed by atoms with E-state index in [-0.39, 0.29) is 12.4 Å². The lowest BCUT2D eigenvalue weighted by Gasteiger charge is -2.11. The van der Waals surface area contributed by atoms with Crippen LogP contribution in [0.25, 0.3) is 6.08 Å². The zero-order valence-corrected chi connectivity index (χ0v) is 16.3. The number of ketones is 1. The molecular formula is C23H22O6. The average molecular weight is 394 g/mol. The van der Waals surface area contributed by atoms with Crippen molar-refractivity contribution in [1.29, 1.82) is 0 Å². The standard InChI is InChI=1S/C23H22O6/c1-4-14-28-21-13-7-17(15-22(21)27-5-2)6-12-20(24)18-8-10-19(11-9-18)29-16(3)23(25)26/h1,6-13,15-16H,5,14H2,2-3H3,(H,25,26)/b12-6+. The van der Waals surface area contributed by atoms with E-state index in [1.54, 1.807) is 48.5 Å². The molecule has 6 heteroatoms. The van der Waals surface area contributed by atoms with Gasteiger partial charge in [-0.25, -0.2) is 4.79 Å². The molecule has 0 aromatic heterocycles. The number of carbonyl (C=O) groups excluding carboxylic acids is 1. The van der Waals surface area contributed by atoms with Crippen molar-refractivity contribution < 1.29 is 28.9 Å². The predicted molar refractivity (Wildman–Crippen MR) is 109 cm³/mol. The van der Waals surface area contributed by atoms with Gasteiger partial charge in [-0.05, 0) is 61.9 Å². The minimum Gasteiger partial charge on any atom is -0.490 e. The fourth-order valence-electron chi connectivity index (χ4n) is 2.36. The van der Waals surface area contributed by atoms with Crippen LogP contribution >= 0.6 is 0 Å². The summed E-state index contributed by atoms with van der Waals surface area (Å²) in [6, 6.07) is 11.6. The summed E-state index contributed by atoms with van der Waals surface area (Å²) in [5.74, 6) is 2.61. The maximum Gasteiger partial charge on any atom is 0.344 e. The van der Waals surface area contributed by atoms with Crippen molar-refractivity contribution in [2.75, 3.05) is 13.2 Å². The Morgan fingerprint density at radius 2 is 1.86 bits per heavy atom. The van der Waals surface area contributed by atoms with Gasteiger partial charge in [-0.15, -0.1) is 6.42 Å². The zero-order valence-electron chi connectivity index (χ0n) is 16.3. The minimum atomic E-state index is -1.06. The van der Waals surface area contributed by atoms with Crippen LogP contribution in [-0.2, 0) is 4.79 Å². The molecule has 1 unspecified atom stereocenters. The number of hydrogen-bond donors (Lipinski definition) is 1. The van der Waals surface area contributed by atoms with E-state index in [4.69, 9.17) is 25.7 Å². The van der Waals surface area contributed by atoms with Crippen LogP contribution in [-0.4, -0.2) is 36.2 Å². The molecule has 2 rings (SSSR count). The van der Waals surface area contributed by atoms with E-state index < -0.39 is 12.1 Å². The second-order valence-electron chi connectivity index (χ2n) is 5.95. The van der Waals surface area contributed by atoms with E-state index in [1.807, 2.05) is 6.92 Å². The quantitative estimate of drug-likeness (QED) is 0.375. The van der Waals surface area contributed by atoms with Gasteiger partial charge in [0, 0.05) is 5.56 Å². The molecule has 1 N–H and O–H groups in total. The molecule has 0 fully saturated rings. The van der Waals surface area contributed by atoms with Crippen LogP contribution in [0.3, 0.4) is 0 Å². The number of hydrogen-bond acceptors (Lipinski definition) is 5. The zero-order chi connectivity index (χ0) is 21.2. The molecular weight excluding hydrogens is 372 g/mol. The molecule has 29 heavy (non-hydrogen) atoms. The summed E-state index contributed by atoms with van der Waals surface area (Å²) in [5, 5.41) is 8.86. The van der Waals surface area contributed by atoms with Gasteiger partial charge in [0.15, 0.2) is 23.4 Å². The topological polar surface area (TPSA) is 82.1 Å². The Balaban J connectivity index is 2.08. The van der Waals surface area contributed by atoms with Gasteiger partial charge >= 0.3 is 5.97 Å². The lowest BCUT2D eigenvalue weighted by Crippen LogP contribution is -2.22. The molecule has 150 valence electrons. The first kappa shape index (κ1) is 21.6. The summed E-state index contributed by atoms with van der Waals surface area (Å²) in [7, 11) is 0. The summed E-state index contributed by atoms with van der Waals surface area (Å²) in [4.78, 5) is 23.2. The highest BCUT2D eigenvalue weighted by atomic mass is 16.5. The number of ether oxygens (including phenoxy) is 3. The van der Waals surface area contributed by atoms with Crippen LogP contribution in [0.1, 0.15) is 29.8 Å². The smallest absolute Gasteiger partial charge is 0.344 e. The Morgan fingerprint density at radius 3 is 2.48 bits per heavy atom. The van der Waals surface area contributed by atoms with Crippen LogP contribution in [0.5, 0.6) is 17.2 Å². The lowest BCUT2D eigenvalue weighted by molar-refractivity contribution is -0.144. The SMILES string of the molecule is C#CCOc1ccc(/C=C/C(=O)c2ccc(OC(C)C(=O)O)cc2)cc1OCC. The van der Waals surface area contributed by atoms with E-state index in [2.05, 4.69) is 5.92 Å². The highest BCUT2D eigenvalue weighted by molar-refractivity contribution is 6.06. The lowest BCUT2D eigenvalue weighted by atomic mass is 10.1. The molecule has 0 spiro atoms. The highest BCUT2D eigenvalue weighted by Gasteiger charge is 2.12. The van der Waals surface area contributed by atoms with E-state index in [0.29, 0.717) is 29.4 Å². The fourth-order valence-corrected chi connectivity index (χ4v) is 2.36. The van der Waals surface area contributed by atoms with Gasteiger partial charge in [0.05, 0.1) is 6.61 Å². The normalized spacial score (nSPS) is 11.5. The molecule has 0 radical (unpaired) electrons. The predicted octanol–water partition coefficient (Wildman–Crippen LogP) is 3.85. The van der Waals surface area contributed by atoms with Gasteiger partial charge in [-0.3, -0.25) is 4.79 Å². The van der Waals surface area contributed by atoms with E-state index >= 15 is 0 Å². The Bertz CT molecular complexity index is 921. The van der Waals surface area contributed by atoms with Gasteiger partial charge in [-0.1, -0.05) is 18.1 Å². The second kappa shape index (κ2) is 10.6. The number of carboxylic acid groups (broad SMARTS) is 1. The van der Waals surface area contributed by atoms with Gasteiger partial charge < -0.3 is 19.3 Å². The second-order valence-corrected chi connectivity index (χ2v) is 5.95. The third-order valence-electron chi connectivity index (χ3n) is 3.81. The van der Waals surface area contributed by atoms with Gasteiger partial charge in [-0.2, -0.15) is 0 Å². The summed E-state index contributed by atoms with van der Waals surface area (Å²) in [6.45, 7) is 3.90. The summed E-state index contributed by atoms with van der Waals surface area (Å²) >= 11 is 0. The van der Waals surface area contributed by atoms with Gasteiger partial charge in [0.25, 0.3) is 0 Å². The van der Waals surface area contributed by atoms with Crippen molar-refractivity contribution in [3.8, 4) is 29.6 Å². The Hall–Kier alpha value is -3.72. The largest absolute Gasteiger partial charge is 0.490 e. The highest BCUT2D eigenvalue weighted by Crippen LogP contribution is 2.29. The van der Waals surface area contributed by atoms with Gasteiger partial charge in [0.2, 0.25) is 0 Å². The number of carboxylic acids is 1. The Kier molecular flexibility index (Phi) is 7.87. The Labute approximate surface area is 169 Å². The summed E-state index contributed by atoms with van der Waals surface area (Å²) in [6.07, 6.45) is 7.37. The molecule has 0 aliphatic heterocycles. The van der Waals surface area contributed by atoms with Crippen molar-refractivity contribution in [2.24, 2.45) is 0 Å². The number of carbonyl (C=O) groups is 2. The van der Waals surface area contributed by atoms with Crippen LogP contribution < -0.4 is 14.2 Å². The van der Waals surface area contributed by atoms with E-state index in [9.17, 15) is 9.59 Å². The molecule has 1 atom stereocenters. The molecule has 0 saturated carbocycles. The van der Waals surface area contributed by atoms with Crippen LogP contribution in [0, 0.1) is 12.3 Å². The average Bonchev–Trinajstić information content (AvgIpc) is 2.72. The van der Waals surface area contributed by atoms with E-state index in [0.717, 1.165) is 5.56 Å². The fraction of sp³-hybridized carbons (Fsp3) is 0.217. The monoisotopic (exact) mass is 394 g/mol. The molecule has 0 saturated heterocycles. The number of benzene rings is 2. The first-order valence-corrected chi connectivity index (χ1v) is 8.99. The van der Waals surface area contributed by atoms with Crippen molar-refractivity contribution in [2.45, 2.75) is 20.0 Å². The van der Waals surface area contributed by atoms with Crippen molar-refractivity contribution in [3.05, 3.63) is 59.7 Å². The molecule has 6 nitrogen and oxygen atoms in total. The molecule has 0 heterocycles. The third kappa shape index (κ3) is 6.43. The molecule has 0 amide bonds. The van der Waals surface area contributed by atoms with Gasteiger partial charge in [0.1, 0.15) is 12.4 Å². The molecule has 0 bridgehead atoms. The van der Waals surface area contributed by atoms with Crippen LogP contribution in [0.4, 0.5) is 0 Å². The molecule has 0 aliphatic carbocycles. The van der Waals surface area contributed by atoms with Crippen LogP contribution in [0.2, 0.25) is 0 Å². The maximum atomic E-state index is 12.4. The minimum absolute atomic E-state index is 0.138. The summed E-state index contributed by atoms with van der Waals surface area (Å²) in [5.41, 5.74) is 1.22. The van der Waals surface area contributed by atoms with Crippen LogP contribution in [0.15, 0.2) is 48.5 Å². The van der Waals surface area contributed by atoms with Crippen molar-refractivity contribution >= 4 is 17.8 Å². The Morgan fingerprint density at radius 1 is 1.14 bits per heavy atom. The van der Waals surface area contributed by atoms with Crippen molar-refractivity contribution in [3.63, 3.8) is 0 Å². The maximum absolute atomic E-state index is 12.4. The molecule has 2 aromatic rings. The first-order chi connectivity index (χ1) is 13.9. The number of aliphatic carboxylic acids is 1. The number of allylic oxidation sites excluding steroid dienone is 1. The molecule has 2 aromatic carbocycles. The van der Waals surface area contributed by atoms with Crippen molar-refractivity contribution in [1.82, 2.24) is 0 Å². The summed E-state index contributed by atoms with van der Waals surface area (Å²) < 4.78 is 16.2. The number of terminal acetylenes is 1. The van der Waals surface area contributed by atoms with E-state index in [1.165, 1.54) is 13.0 Å². The number of rotatable bonds is 10. The molecule has 0 aliphatic rings. The first-order valence-electron chi connectivity index (χ1n) is 8.99.